The molecule has 2 heterocycles. The fourth-order valence-corrected chi connectivity index (χ4v) is 6.16. The molecule has 7 heteroatoms. The van der Waals surface area contributed by atoms with E-state index in [0.717, 1.165) is 61.5 Å². The van der Waals surface area contributed by atoms with Gasteiger partial charge in [0.05, 0.1) is 11.4 Å². The van der Waals surface area contributed by atoms with Gasteiger partial charge in [0.2, 0.25) is 5.91 Å². The SMILES string of the molecule is CC1C(=O)N(C)c2ccc(Nc3ccc(C(=O)NC4CCN(C)CC4)cc3)cc2N1C1CCCCCC1. The summed E-state index contributed by atoms with van der Waals surface area (Å²) in [7, 11) is 4.00. The zero-order chi connectivity index (χ0) is 25.9. The summed E-state index contributed by atoms with van der Waals surface area (Å²) in [6.07, 6.45) is 9.29. The molecule has 0 radical (unpaired) electrons. The van der Waals surface area contributed by atoms with Crippen LogP contribution in [-0.2, 0) is 4.79 Å². The highest BCUT2D eigenvalue weighted by atomic mass is 16.2. The summed E-state index contributed by atoms with van der Waals surface area (Å²) >= 11 is 0. The molecule has 2 N–H and O–H groups in total. The Bertz CT molecular complexity index is 1100. The quantitative estimate of drug-likeness (QED) is 0.553. The number of nitrogens with zero attached hydrogens (tertiary/aromatic N) is 3. The maximum absolute atomic E-state index is 13.1. The number of nitrogens with one attached hydrogen (secondary N) is 2. The van der Waals surface area contributed by atoms with E-state index in [9.17, 15) is 9.59 Å². The first kappa shape index (κ1) is 25.6. The van der Waals surface area contributed by atoms with E-state index in [1.807, 2.05) is 44.3 Å². The molecule has 2 amide bonds. The number of anilines is 4. The topological polar surface area (TPSA) is 67.9 Å². The number of likely N-dealkylation sites (N-methyl/N-ethyl adjacent to an activating group) is 1. The standard InChI is InChI=1S/C30H41N5O2/c1-21-30(37)34(3)27-15-14-25(20-28(27)35(21)26-8-6-4-5-7-9-26)31-23-12-10-22(11-13-23)29(36)32-24-16-18-33(2)19-17-24/h10-15,20-21,24,26,31H,4-9,16-19H2,1-3H3,(H,32,36). The highest BCUT2D eigenvalue weighted by Crippen LogP contribution is 2.41. The molecule has 2 fully saturated rings. The Morgan fingerprint density at radius 3 is 2.16 bits per heavy atom. The molecule has 2 aliphatic heterocycles. The van der Waals surface area contributed by atoms with Gasteiger partial charge in [-0.1, -0.05) is 25.7 Å². The minimum atomic E-state index is -0.168. The van der Waals surface area contributed by atoms with Crippen LogP contribution in [-0.4, -0.2) is 62.0 Å². The van der Waals surface area contributed by atoms with E-state index >= 15 is 0 Å². The van der Waals surface area contributed by atoms with Crippen molar-refractivity contribution in [1.29, 1.82) is 0 Å². The summed E-state index contributed by atoms with van der Waals surface area (Å²) in [5.41, 5.74) is 4.70. The summed E-state index contributed by atoms with van der Waals surface area (Å²) in [5, 5.41) is 6.70. The highest BCUT2D eigenvalue weighted by molar-refractivity contribution is 6.05. The lowest BCUT2D eigenvalue weighted by molar-refractivity contribution is -0.119. The Morgan fingerprint density at radius 2 is 1.49 bits per heavy atom. The van der Waals surface area contributed by atoms with E-state index in [1.54, 1.807) is 4.90 Å². The van der Waals surface area contributed by atoms with E-state index in [2.05, 4.69) is 39.6 Å². The van der Waals surface area contributed by atoms with Crippen LogP contribution in [0.5, 0.6) is 0 Å². The molecule has 37 heavy (non-hydrogen) atoms. The lowest BCUT2D eigenvalue weighted by atomic mass is 9.99. The molecule has 0 aromatic heterocycles. The largest absolute Gasteiger partial charge is 0.355 e. The van der Waals surface area contributed by atoms with Gasteiger partial charge in [-0.05, 0) is 95.2 Å². The molecule has 7 nitrogen and oxygen atoms in total. The monoisotopic (exact) mass is 503 g/mol. The number of rotatable bonds is 5. The van der Waals surface area contributed by atoms with Crippen molar-refractivity contribution in [3.05, 3.63) is 48.0 Å². The fraction of sp³-hybridized carbons (Fsp3) is 0.533. The molecule has 2 aromatic rings. The van der Waals surface area contributed by atoms with Gasteiger partial charge in [-0.2, -0.15) is 0 Å². The Morgan fingerprint density at radius 1 is 0.838 bits per heavy atom. The third-order valence-electron chi connectivity index (χ3n) is 8.43. The van der Waals surface area contributed by atoms with Gasteiger partial charge < -0.3 is 25.3 Å². The van der Waals surface area contributed by atoms with Crippen LogP contribution in [0.4, 0.5) is 22.7 Å². The van der Waals surface area contributed by atoms with Gasteiger partial charge in [0.1, 0.15) is 6.04 Å². The van der Waals surface area contributed by atoms with Gasteiger partial charge in [0.15, 0.2) is 0 Å². The predicted molar refractivity (Wildman–Crippen MR) is 151 cm³/mol. The van der Waals surface area contributed by atoms with E-state index < -0.39 is 0 Å². The Kier molecular flexibility index (Phi) is 7.70. The van der Waals surface area contributed by atoms with Crippen LogP contribution in [0.3, 0.4) is 0 Å². The molecule has 3 aliphatic rings. The smallest absolute Gasteiger partial charge is 0.251 e. The van der Waals surface area contributed by atoms with E-state index in [0.29, 0.717) is 11.6 Å². The number of piperidine rings is 1. The molecule has 0 bridgehead atoms. The summed E-state index contributed by atoms with van der Waals surface area (Å²) in [6.45, 7) is 4.09. The van der Waals surface area contributed by atoms with Crippen LogP contribution < -0.4 is 20.4 Å². The van der Waals surface area contributed by atoms with Crippen molar-refractivity contribution in [3.63, 3.8) is 0 Å². The van der Waals surface area contributed by atoms with Crippen molar-refractivity contribution in [2.45, 2.75) is 76.4 Å². The molecule has 1 unspecified atom stereocenters. The second-order valence-electron chi connectivity index (χ2n) is 11.1. The number of amides is 2. The second-order valence-corrected chi connectivity index (χ2v) is 11.1. The average molecular weight is 504 g/mol. The van der Waals surface area contributed by atoms with E-state index in [1.165, 1.54) is 25.7 Å². The number of carbonyl (C=O) groups is 2. The Hall–Kier alpha value is -3.06. The Labute approximate surface area is 221 Å². The summed E-state index contributed by atoms with van der Waals surface area (Å²) in [6, 6.07) is 14.4. The maximum atomic E-state index is 13.1. The number of fused-ring (bicyclic) bond motifs is 1. The summed E-state index contributed by atoms with van der Waals surface area (Å²) in [4.78, 5) is 32.3. The van der Waals surface area contributed by atoms with Crippen molar-refractivity contribution in [3.8, 4) is 0 Å². The summed E-state index contributed by atoms with van der Waals surface area (Å²) in [5.74, 6) is 0.155. The highest BCUT2D eigenvalue weighted by Gasteiger charge is 2.37. The van der Waals surface area contributed by atoms with Gasteiger partial charge in [0, 0.05) is 36.1 Å². The second kappa shape index (κ2) is 11.1. The molecule has 5 rings (SSSR count). The van der Waals surface area contributed by atoms with Crippen LogP contribution in [0.15, 0.2) is 42.5 Å². The van der Waals surface area contributed by atoms with E-state index in [-0.39, 0.29) is 23.9 Å². The van der Waals surface area contributed by atoms with Crippen molar-refractivity contribution in [1.82, 2.24) is 10.2 Å². The number of benzene rings is 2. The molecule has 1 atom stereocenters. The van der Waals surface area contributed by atoms with Gasteiger partial charge in [-0.25, -0.2) is 0 Å². The first-order chi connectivity index (χ1) is 17.9. The maximum Gasteiger partial charge on any atom is 0.251 e. The lowest BCUT2D eigenvalue weighted by Gasteiger charge is -2.44. The first-order valence-electron chi connectivity index (χ1n) is 14.0. The molecule has 2 aromatic carbocycles. The van der Waals surface area contributed by atoms with Crippen molar-refractivity contribution in [2.75, 3.05) is 42.3 Å². The lowest BCUT2D eigenvalue weighted by Crippen LogP contribution is -2.54. The zero-order valence-electron chi connectivity index (χ0n) is 22.5. The molecule has 1 saturated heterocycles. The van der Waals surface area contributed by atoms with Gasteiger partial charge >= 0.3 is 0 Å². The summed E-state index contributed by atoms with van der Waals surface area (Å²) < 4.78 is 0. The molecular formula is C30H41N5O2. The van der Waals surface area contributed by atoms with Gasteiger partial charge in [-0.15, -0.1) is 0 Å². The molecule has 1 aliphatic carbocycles. The van der Waals surface area contributed by atoms with Crippen molar-refractivity contribution < 1.29 is 9.59 Å². The van der Waals surface area contributed by atoms with Crippen LogP contribution in [0, 0.1) is 0 Å². The number of hydrogen-bond donors (Lipinski definition) is 2. The fourth-order valence-electron chi connectivity index (χ4n) is 6.16. The number of hydrogen-bond acceptors (Lipinski definition) is 5. The molecular weight excluding hydrogens is 462 g/mol. The van der Waals surface area contributed by atoms with Crippen LogP contribution in [0.2, 0.25) is 0 Å². The predicted octanol–water partition coefficient (Wildman–Crippen LogP) is 5.15. The van der Waals surface area contributed by atoms with Crippen LogP contribution in [0.1, 0.15) is 68.6 Å². The van der Waals surface area contributed by atoms with Gasteiger partial charge in [-0.3, -0.25) is 9.59 Å². The van der Waals surface area contributed by atoms with Crippen LogP contribution in [0.25, 0.3) is 0 Å². The average Bonchev–Trinajstić information content (AvgIpc) is 3.19. The minimum Gasteiger partial charge on any atom is -0.355 e. The first-order valence-corrected chi connectivity index (χ1v) is 14.0. The number of carbonyl (C=O) groups excluding carboxylic acids is 2. The van der Waals surface area contributed by atoms with Crippen molar-refractivity contribution >= 4 is 34.6 Å². The van der Waals surface area contributed by atoms with Crippen molar-refractivity contribution in [2.24, 2.45) is 0 Å². The van der Waals surface area contributed by atoms with E-state index in [4.69, 9.17) is 0 Å². The molecule has 1 saturated carbocycles. The molecule has 198 valence electrons. The van der Waals surface area contributed by atoms with Gasteiger partial charge in [0.25, 0.3) is 5.91 Å². The minimum absolute atomic E-state index is 0.00406. The third kappa shape index (κ3) is 5.61. The van der Waals surface area contributed by atoms with Crippen LogP contribution >= 0.6 is 0 Å². The Balaban J connectivity index is 1.31. The third-order valence-corrected chi connectivity index (χ3v) is 8.43. The zero-order valence-corrected chi connectivity index (χ0v) is 22.5. The normalized spacial score (nSPS) is 21.9. The molecule has 0 spiro atoms. The number of likely N-dealkylation sites (tertiary alicyclic amines) is 1.